The van der Waals surface area contributed by atoms with Gasteiger partial charge >= 0.3 is 0 Å². The van der Waals surface area contributed by atoms with E-state index in [9.17, 15) is 4.79 Å². The largest absolute Gasteiger partial charge is 0.333 e. The van der Waals surface area contributed by atoms with Crippen molar-refractivity contribution in [2.24, 2.45) is 0 Å². The second-order valence-electron chi connectivity index (χ2n) is 5.73. The topological polar surface area (TPSA) is 32.3 Å². The molecule has 2 aliphatic rings. The van der Waals surface area contributed by atoms with Crippen molar-refractivity contribution in [3.05, 3.63) is 35.4 Å². The van der Waals surface area contributed by atoms with Gasteiger partial charge in [-0.05, 0) is 56.5 Å². The van der Waals surface area contributed by atoms with Crippen molar-refractivity contribution >= 4 is 5.91 Å². The SMILES string of the molecule is CCc1ccc(C(=O)N2CCC23CCNCC3)cc1. The second kappa shape index (κ2) is 4.97. The molecule has 1 aromatic carbocycles. The number of amides is 1. The first-order valence-electron chi connectivity index (χ1n) is 7.37. The maximum absolute atomic E-state index is 12.6. The van der Waals surface area contributed by atoms with Crippen LogP contribution in [0.1, 0.15) is 42.1 Å². The maximum atomic E-state index is 12.6. The van der Waals surface area contributed by atoms with Gasteiger partial charge in [-0.15, -0.1) is 0 Å². The zero-order chi connectivity index (χ0) is 13.3. The van der Waals surface area contributed by atoms with Crippen LogP contribution >= 0.6 is 0 Å². The summed E-state index contributed by atoms with van der Waals surface area (Å²) in [5, 5.41) is 3.38. The Hall–Kier alpha value is -1.35. The van der Waals surface area contributed by atoms with E-state index in [1.807, 2.05) is 12.1 Å². The van der Waals surface area contributed by atoms with Crippen molar-refractivity contribution in [2.45, 2.75) is 38.1 Å². The number of aryl methyl sites for hydroxylation is 1. The van der Waals surface area contributed by atoms with E-state index in [2.05, 4.69) is 29.3 Å². The number of nitrogens with one attached hydrogen (secondary N) is 1. The first-order valence-corrected chi connectivity index (χ1v) is 7.37. The lowest BCUT2D eigenvalue weighted by Gasteiger charge is -2.55. The zero-order valence-electron chi connectivity index (χ0n) is 11.6. The molecular formula is C16H22N2O. The molecule has 2 saturated heterocycles. The highest BCUT2D eigenvalue weighted by atomic mass is 16.2. The van der Waals surface area contributed by atoms with Crippen molar-refractivity contribution in [2.75, 3.05) is 19.6 Å². The number of nitrogens with zero attached hydrogens (tertiary/aromatic N) is 1. The van der Waals surface area contributed by atoms with E-state index in [1.165, 1.54) is 12.0 Å². The lowest BCUT2D eigenvalue weighted by molar-refractivity contribution is -0.0194. The van der Waals surface area contributed by atoms with Crippen molar-refractivity contribution in [3.8, 4) is 0 Å². The maximum Gasteiger partial charge on any atom is 0.254 e. The van der Waals surface area contributed by atoms with Crippen LogP contribution in [0.15, 0.2) is 24.3 Å². The van der Waals surface area contributed by atoms with Crippen LogP contribution in [0.25, 0.3) is 0 Å². The third kappa shape index (κ3) is 2.16. The number of carbonyl (C=O) groups is 1. The average molecular weight is 258 g/mol. The van der Waals surface area contributed by atoms with Gasteiger partial charge in [0, 0.05) is 17.6 Å². The minimum absolute atomic E-state index is 0.158. The second-order valence-corrected chi connectivity index (χ2v) is 5.73. The molecule has 0 saturated carbocycles. The summed E-state index contributed by atoms with van der Waals surface area (Å²) in [6, 6.07) is 8.10. The zero-order valence-corrected chi connectivity index (χ0v) is 11.6. The molecule has 3 nitrogen and oxygen atoms in total. The lowest BCUT2D eigenvalue weighted by Crippen LogP contribution is -2.65. The van der Waals surface area contributed by atoms with Crippen LogP contribution in [0.4, 0.5) is 0 Å². The van der Waals surface area contributed by atoms with Crippen LogP contribution < -0.4 is 5.32 Å². The van der Waals surface area contributed by atoms with E-state index >= 15 is 0 Å². The molecule has 2 aliphatic heterocycles. The molecule has 19 heavy (non-hydrogen) atoms. The van der Waals surface area contributed by atoms with Crippen LogP contribution in [-0.2, 0) is 6.42 Å². The summed E-state index contributed by atoms with van der Waals surface area (Å²) in [5.41, 5.74) is 2.29. The predicted molar refractivity (Wildman–Crippen MR) is 76.3 cm³/mol. The van der Waals surface area contributed by atoms with Gasteiger partial charge in [0.2, 0.25) is 0 Å². The molecular weight excluding hydrogens is 236 g/mol. The molecule has 0 bridgehead atoms. The molecule has 2 fully saturated rings. The van der Waals surface area contributed by atoms with Gasteiger partial charge in [0.1, 0.15) is 0 Å². The molecule has 1 amide bonds. The monoisotopic (exact) mass is 258 g/mol. The Bertz CT molecular complexity index is 460. The summed E-state index contributed by atoms with van der Waals surface area (Å²) in [4.78, 5) is 14.7. The van der Waals surface area contributed by atoms with Crippen LogP contribution in [0, 0.1) is 0 Å². The summed E-state index contributed by atoms with van der Waals surface area (Å²) in [6.45, 7) is 5.14. The Morgan fingerprint density at radius 3 is 2.42 bits per heavy atom. The van der Waals surface area contributed by atoms with Gasteiger partial charge in [-0.2, -0.15) is 0 Å². The third-order valence-corrected chi connectivity index (χ3v) is 4.76. The molecule has 1 aromatic rings. The van der Waals surface area contributed by atoms with Crippen LogP contribution in [0.5, 0.6) is 0 Å². The van der Waals surface area contributed by atoms with E-state index in [4.69, 9.17) is 0 Å². The molecule has 0 radical (unpaired) electrons. The summed E-state index contributed by atoms with van der Waals surface area (Å²) >= 11 is 0. The molecule has 3 rings (SSSR count). The van der Waals surface area contributed by atoms with Gasteiger partial charge in [0.05, 0.1) is 0 Å². The number of hydrogen-bond donors (Lipinski definition) is 1. The van der Waals surface area contributed by atoms with Crippen LogP contribution in [-0.4, -0.2) is 36.0 Å². The minimum atomic E-state index is 0.158. The summed E-state index contributed by atoms with van der Waals surface area (Å²) in [6.07, 6.45) is 4.40. The van der Waals surface area contributed by atoms with Crippen molar-refractivity contribution in [1.82, 2.24) is 10.2 Å². The predicted octanol–water partition coefficient (Wildman–Crippen LogP) is 2.22. The summed E-state index contributed by atoms with van der Waals surface area (Å²) in [7, 11) is 0. The highest BCUT2D eigenvalue weighted by molar-refractivity contribution is 5.95. The van der Waals surface area contributed by atoms with Gasteiger partial charge in [-0.25, -0.2) is 0 Å². The number of likely N-dealkylation sites (tertiary alicyclic amines) is 1. The minimum Gasteiger partial charge on any atom is -0.333 e. The Kier molecular flexibility index (Phi) is 3.31. The Balaban J connectivity index is 1.76. The number of rotatable bonds is 2. The number of carbonyl (C=O) groups excluding carboxylic acids is 1. The quantitative estimate of drug-likeness (QED) is 0.882. The van der Waals surface area contributed by atoms with Crippen molar-refractivity contribution in [3.63, 3.8) is 0 Å². The average Bonchev–Trinajstić information content (AvgIpc) is 2.47. The van der Waals surface area contributed by atoms with E-state index in [0.29, 0.717) is 0 Å². The Labute approximate surface area is 115 Å². The van der Waals surface area contributed by atoms with Crippen LogP contribution in [0.2, 0.25) is 0 Å². The summed E-state index contributed by atoms with van der Waals surface area (Å²) < 4.78 is 0. The van der Waals surface area contributed by atoms with E-state index in [0.717, 1.165) is 44.5 Å². The molecule has 0 aromatic heterocycles. The number of hydrogen-bond acceptors (Lipinski definition) is 2. The van der Waals surface area contributed by atoms with Crippen molar-refractivity contribution < 1.29 is 4.79 Å². The summed E-state index contributed by atoms with van der Waals surface area (Å²) in [5.74, 6) is 0.218. The number of piperidine rings is 1. The smallest absolute Gasteiger partial charge is 0.254 e. The highest BCUT2D eigenvalue weighted by Crippen LogP contribution is 2.39. The van der Waals surface area contributed by atoms with Gasteiger partial charge in [-0.1, -0.05) is 19.1 Å². The third-order valence-electron chi connectivity index (χ3n) is 4.76. The van der Waals surface area contributed by atoms with Gasteiger partial charge < -0.3 is 10.2 Å². The van der Waals surface area contributed by atoms with Crippen LogP contribution in [0.3, 0.4) is 0 Å². The van der Waals surface area contributed by atoms with Gasteiger partial charge in [0.15, 0.2) is 0 Å². The molecule has 1 N–H and O–H groups in total. The normalized spacial score (nSPS) is 21.2. The first-order chi connectivity index (χ1) is 9.25. The molecule has 1 spiro atoms. The lowest BCUT2D eigenvalue weighted by atomic mass is 9.76. The fraction of sp³-hybridized carbons (Fsp3) is 0.562. The molecule has 3 heteroatoms. The van der Waals surface area contributed by atoms with Crippen molar-refractivity contribution in [1.29, 1.82) is 0 Å². The highest BCUT2D eigenvalue weighted by Gasteiger charge is 2.47. The van der Waals surface area contributed by atoms with E-state index in [-0.39, 0.29) is 11.4 Å². The van der Waals surface area contributed by atoms with Gasteiger partial charge in [0.25, 0.3) is 5.91 Å². The first kappa shape index (κ1) is 12.7. The van der Waals surface area contributed by atoms with Gasteiger partial charge in [-0.3, -0.25) is 4.79 Å². The standard InChI is InChI=1S/C16H22N2O/c1-2-13-3-5-14(6-4-13)15(19)18-12-9-16(18)7-10-17-11-8-16/h3-6,17H,2,7-12H2,1H3. The molecule has 0 unspecified atom stereocenters. The number of benzene rings is 1. The fourth-order valence-electron chi connectivity index (χ4n) is 3.31. The fourth-order valence-corrected chi connectivity index (χ4v) is 3.31. The molecule has 2 heterocycles. The Morgan fingerprint density at radius 1 is 1.21 bits per heavy atom. The Morgan fingerprint density at radius 2 is 1.89 bits per heavy atom. The molecule has 102 valence electrons. The van der Waals surface area contributed by atoms with E-state index in [1.54, 1.807) is 0 Å². The molecule has 0 aliphatic carbocycles. The molecule has 0 atom stereocenters. The van der Waals surface area contributed by atoms with E-state index < -0.39 is 0 Å².